The monoisotopic (exact) mass is 251 g/mol. The second-order valence-electron chi connectivity index (χ2n) is 2.65. The van der Waals surface area contributed by atoms with Crippen LogP contribution in [0.1, 0.15) is 13.8 Å². The van der Waals surface area contributed by atoms with Crippen LogP contribution in [0.4, 0.5) is 13.2 Å². The van der Waals surface area contributed by atoms with Gasteiger partial charge in [0.1, 0.15) is 0 Å². The van der Waals surface area contributed by atoms with Gasteiger partial charge in [0, 0.05) is 0 Å². The molecule has 92 valence electrons. The summed E-state index contributed by atoms with van der Waals surface area (Å²) in [5.74, 6) is 0.287. The molecule has 0 saturated carbocycles. The van der Waals surface area contributed by atoms with Crippen molar-refractivity contribution in [3.05, 3.63) is 0 Å². The molecule has 0 amide bonds. The Morgan fingerprint density at radius 1 is 1.33 bits per heavy atom. The molecule has 0 aromatic rings. The maximum absolute atomic E-state index is 10.7. The summed E-state index contributed by atoms with van der Waals surface area (Å²) in [6.07, 6.45) is 0. The number of alkyl halides is 3. The van der Waals surface area contributed by atoms with Crippen LogP contribution in [0.2, 0.25) is 0 Å². The van der Waals surface area contributed by atoms with Crippen molar-refractivity contribution in [1.82, 2.24) is 0 Å². The minimum Gasteiger partial charge on any atom is -0.741 e. The van der Waals surface area contributed by atoms with Gasteiger partial charge in [0.2, 0.25) is 0 Å². The minimum absolute atomic E-state index is 0.287. The van der Waals surface area contributed by atoms with Crippen molar-refractivity contribution < 1.29 is 31.1 Å². The Morgan fingerprint density at radius 2 is 1.60 bits per heavy atom. The van der Waals surface area contributed by atoms with E-state index < -0.39 is 15.6 Å². The number of rotatable bonds is 1. The average molecular weight is 251 g/mol. The quantitative estimate of drug-likeness (QED) is 0.211. The number of halogens is 3. The molecule has 0 heterocycles. The summed E-state index contributed by atoms with van der Waals surface area (Å²) >= 11 is 0. The summed E-state index contributed by atoms with van der Waals surface area (Å²) in [6, 6.07) is 0.338. The second kappa shape index (κ2) is 5.75. The van der Waals surface area contributed by atoms with Gasteiger partial charge in [0.15, 0.2) is 10.1 Å². The van der Waals surface area contributed by atoms with Crippen LogP contribution < -0.4 is 16.5 Å². The predicted octanol–water partition coefficient (Wildman–Crippen LogP) is -2.20. The molecule has 5 N–H and O–H groups in total. The van der Waals surface area contributed by atoms with E-state index in [9.17, 15) is 13.2 Å². The largest absolute Gasteiger partial charge is 0.741 e. The molecule has 0 aliphatic carbocycles. The van der Waals surface area contributed by atoms with Crippen LogP contribution >= 0.6 is 0 Å². The van der Waals surface area contributed by atoms with Crippen molar-refractivity contribution in [2.24, 2.45) is 11.5 Å². The van der Waals surface area contributed by atoms with E-state index in [1.807, 2.05) is 13.8 Å². The van der Waals surface area contributed by atoms with Gasteiger partial charge in [-0.25, -0.2) is 8.42 Å². The van der Waals surface area contributed by atoms with Gasteiger partial charge in [0.25, 0.3) is 0 Å². The number of guanidine groups is 1. The molecule has 0 aromatic carbocycles. The van der Waals surface area contributed by atoms with E-state index in [-0.39, 0.29) is 5.96 Å². The molecule has 15 heavy (non-hydrogen) atoms. The van der Waals surface area contributed by atoms with Crippen molar-refractivity contribution >= 4 is 16.1 Å². The molecule has 0 aliphatic heterocycles. The third kappa shape index (κ3) is 10.9. The highest BCUT2D eigenvalue weighted by molar-refractivity contribution is 7.86. The van der Waals surface area contributed by atoms with Crippen LogP contribution in [0.25, 0.3) is 0 Å². The van der Waals surface area contributed by atoms with Gasteiger partial charge in [-0.3, -0.25) is 16.5 Å². The minimum atomic E-state index is -6.09. The standard InChI is InChI=1S/C4H11N3.CHF3O3S/c1-3(2)7-4(5)6;2-1(3,4)8(5,6)7/h3H,1-2H3,(H4,5,6,7);(H,5,6,7). The number of hydrogen-bond acceptors (Lipinski definition) is 3. The van der Waals surface area contributed by atoms with E-state index in [2.05, 4.69) is 4.99 Å². The molecule has 0 aliphatic rings. The smallest absolute Gasteiger partial charge is 0.485 e. The first kappa shape index (κ1) is 16.4. The average Bonchev–Trinajstić information content (AvgIpc) is 1.78. The molecule has 0 aromatic heterocycles. The molecule has 0 saturated heterocycles. The molecule has 0 fully saturated rings. The van der Waals surface area contributed by atoms with E-state index in [0.717, 1.165) is 0 Å². The number of nitrogens with two attached hydrogens (primary N) is 2. The first-order chi connectivity index (χ1) is 6.38. The lowest BCUT2D eigenvalue weighted by Crippen LogP contribution is -2.82. The normalized spacial score (nSPS) is 11.7. The molecular weight excluding hydrogens is 239 g/mol. The third-order valence-electron chi connectivity index (χ3n) is 0.739. The fourth-order valence-corrected chi connectivity index (χ4v) is 0.333. The highest BCUT2D eigenvalue weighted by Gasteiger charge is 2.36. The second-order valence-corrected chi connectivity index (χ2v) is 4.03. The fourth-order valence-electron chi connectivity index (χ4n) is 0.333. The van der Waals surface area contributed by atoms with E-state index in [1.165, 1.54) is 0 Å². The van der Waals surface area contributed by atoms with Crippen LogP contribution in [0.5, 0.6) is 0 Å². The molecule has 0 atom stereocenters. The van der Waals surface area contributed by atoms with Gasteiger partial charge in [-0.1, -0.05) is 0 Å². The molecule has 0 radical (unpaired) electrons. The van der Waals surface area contributed by atoms with Crippen LogP contribution in [-0.2, 0) is 10.1 Å². The van der Waals surface area contributed by atoms with Crippen LogP contribution in [0, 0.1) is 0 Å². The Morgan fingerprint density at radius 3 is 1.60 bits per heavy atom. The van der Waals surface area contributed by atoms with Crippen LogP contribution in [0.3, 0.4) is 0 Å². The van der Waals surface area contributed by atoms with Crippen molar-refractivity contribution in [2.75, 3.05) is 0 Å². The zero-order valence-corrected chi connectivity index (χ0v) is 8.82. The summed E-state index contributed by atoms with van der Waals surface area (Å²) in [6.45, 7) is 3.94. The summed E-state index contributed by atoms with van der Waals surface area (Å²) in [7, 11) is -6.09. The van der Waals surface area contributed by atoms with Crippen LogP contribution in [-0.4, -0.2) is 30.5 Å². The van der Waals surface area contributed by atoms with E-state index >= 15 is 0 Å². The van der Waals surface area contributed by atoms with Crippen molar-refractivity contribution in [1.29, 1.82) is 0 Å². The number of nitrogens with one attached hydrogen (secondary N) is 1. The predicted molar refractivity (Wildman–Crippen MR) is 45.2 cm³/mol. The lowest BCUT2D eigenvalue weighted by molar-refractivity contribution is -0.495. The maximum atomic E-state index is 10.7. The van der Waals surface area contributed by atoms with E-state index in [0.29, 0.717) is 6.04 Å². The molecule has 0 bridgehead atoms. The lowest BCUT2D eigenvalue weighted by Gasteiger charge is -2.08. The van der Waals surface area contributed by atoms with Gasteiger partial charge in [-0.2, -0.15) is 13.2 Å². The van der Waals surface area contributed by atoms with Crippen molar-refractivity contribution in [3.63, 3.8) is 0 Å². The molecule has 10 heteroatoms. The number of hydrogen-bond donors (Lipinski definition) is 3. The Balaban J connectivity index is 0. The topological polar surface area (TPSA) is 123 Å². The zero-order valence-electron chi connectivity index (χ0n) is 8.00. The Kier molecular flexibility index (Phi) is 6.29. The third-order valence-corrected chi connectivity index (χ3v) is 1.31. The van der Waals surface area contributed by atoms with Crippen molar-refractivity contribution in [3.8, 4) is 0 Å². The molecule has 0 unspecified atom stereocenters. The van der Waals surface area contributed by atoms with Gasteiger partial charge >= 0.3 is 11.5 Å². The SMILES string of the molecule is CC(C)[NH+]=C(N)N.O=S(=O)([O-])C(F)(F)F. The Labute approximate surface area is 84.9 Å². The first-order valence-corrected chi connectivity index (χ1v) is 4.95. The molecule has 0 rings (SSSR count). The van der Waals surface area contributed by atoms with Crippen LogP contribution in [0.15, 0.2) is 0 Å². The summed E-state index contributed by atoms with van der Waals surface area (Å²) in [4.78, 5) is 2.78. The summed E-state index contributed by atoms with van der Waals surface area (Å²) in [5.41, 5.74) is 4.51. The molecular formula is C5H12F3N3O3S. The van der Waals surface area contributed by atoms with Gasteiger partial charge in [-0.15, -0.1) is 0 Å². The van der Waals surface area contributed by atoms with Gasteiger partial charge < -0.3 is 4.55 Å². The maximum Gasteiger partial charge on any atom is 0.485 e. The summed E-state index contributed by atoms with van der Waals surface area (Å²) < 4.78 is 58.9. The zero-order chi connectivity index (χ0) is 12.9. The highest BCUT2D eigenvalue weighted by atomic mass is 32.2. The lowest BCUT2D eigenvalue weighted by atomic mass is 10.4. The Bertz CT molecular complexity index is 305. The molecule has 6 nitrogen and oxygen atoms in total. The van der Waals surface area contributed by atoms with E-state index in [4.69, 9.17) is 24.4 Å². The van der Waals surface area contributed by atoms with Gasteiger partial charge in [-0.05, 0) is 13.8 Å². The highest BCUT2D eigenvalue weighted by Crippen LogP contribution is 2.20. The Hall–Kier alpha value is -1.03. The van der Waals surface area contributed by atoms with E-state index in [1.54, 1.807) is 0 Å². The van der Waals surface area contributed by atoms with Crippen molar-refractivity contribution in [2.45, 2.75) is 25.4 Å². The fraction of sp³-hybridized carbons (Fsp3) is 0.800. The first-order valence-electron chi connectivity index (χ1n) is 3.54. The molecule has 0 spiro atoms. The summed E-state index contributed by atoms with van der Waals surface area (Å²) in [5, 5.41) is 0. The van der Waals surface area contributed by atoms with Gasteiger partial charge in [0.05, 0.1) is 6.04 Å².